The zero-order chi connectivity index (χ0) is 12.1. The predicted octanol–water partition coefficient (Wildman–Crippen LogP) is 0.501. The summed E-state index contributed by atoms with van der Waals surface area (Å²) in [5, 5.41) is 9.02. The maximum absolute atomic E-state index is 9.02. The van der Waals surface area contributed by atoms with Crippen molar-refractivity contribution in [2.24, 2.45) is 0 Å². The molecule has 0 atom stereocenters. The molecule has 2 heterocycles. The SMILES string of the molecule is CN(CCN1CCCC1)c1cncc(CO)n1. The topological polar surface area (TPSA) is 52.5 Å². The number of rotatable bonds is 5. The van der Waals surface area contributed by atoms with Crippen LogP contribution >= 0.6 is 0 Å². The van der Waals surface area contributed by atoms with Crippen molar-refractivity contribution in [2.45, 2.75) is 19.4 Å². The molecule has 0 radical (unpaired) electrons. The van der Waals surface area contributed by atoms with Gasteiger partial charge in [0.05, 0.1) is 24.7 Å². The number of nitrogens with zero attached hydrogens (tertiary/aromatic N) is 4. The molecule has 1 N–H and O–H groups in total. The number of hydrogen-bond acceptors (Lipinski definition) is 5. The summed E-state index contributed by atoms with van der Waals surface area (Å²) >= 11 is 0. The fourth-order valence-corrected chi connectivity index (χ4v) is 2.07. The number of likely N-dealkylation sites (tertiary alicyclic amines) is 1. The van der Waals surface area contributed by atoms with E-state index in [4.69, 9.17) is 5.11 Å². The molecular formula is C12H20N4O. The smallest absolute Gasteiger partial charge is 0.147 e. The average molecular weight is 236 g/mol. The van der Waals surface area contributed by atoms with Crippen LogP contribution in [0.15, 0.2) is 12.4 Å². The Morgan fingerprint density at radius 1 is 1.35 bits per heavy atom. The molecule has 94 valence electrons. The Bertz CT molecular complexity index is 352. The van der Waals surface area contributed by atoms with Crippen molar-refractivity contribution in [3.8, 4) is 0 Å². The third-order valence-electron chi connectivity index (χ3n) is 3.18. The minimum absolute atomic E-state index is 0.0548. The molecule has 0 aromatic carbocycles. The van der Waals surface area contributed by atoms with Crippen LogP contribution in [0, 0.1) is 0 Å². The quantitative estimate of drug-likeness (QED) is 0.807. The first kappa shape index (κ1) is 12.3. The average Bonchev–Trinajstić information content (AvgIpc) is 2.89. The Kier molecular flexibility index (Phi) is 4.28. The van der Waals surface area contributed by atoms with Crippen LogP contribution < -0.4 is 4.90 Å². The van der Waals surface area contributed by atoms with Crippen LogP contribution in [-0.2, 0) is 6.61 Å². The second-order valence-corrected chi connectivity index (χ2v) is 4.50. The largest absolute Gasteiger partial charge is 0.390 e. The van der Waals surface area contributed by atoms with Crippen molar-refractivity contribution in [1.29, 1.82) is 0 Å². The monoisotopic (exact) mass is 236 g/mol. The highest BCUT2D eigenvalue weighted by molar-refractivity contribution is 5.34. The van der Waals surface area contributed by atoms with E-state index in [1.807, 2.05) is 7.05 Å². The van der Waals surface area contributed by atoms with E-state index >= 15 is 0 Å². The lowest BCUT2D eigenvalue weighted by molar-refractivity contribution is 0.276. The lowest BCUT2D eigenvalue weighted by Crippen LogP contribution is -2.31. The highest BCUT2D eigenvalue weighted by atomic mass is 16.3. The van der Waals surface area contributed by atoms with E-state index in [1.54, 1.807) is 12.4 Å². The molecule has 5 heteroatoms. The van der Waals surface area contributed by atoms with Crippen LogP contribution in [0.1, 0.15) is 18.5 Å². The molecule has 1 fully saturated rings. The molecule has 17 heavy (non-hydrogen) atoms. The van der Waals surface area contributed by atoms with Crippen LogP contribution in [0.3, 0.4) is 0 Å². The van der Waals surface area contributed by atoms with Crippen molar-refractivity contribution >= 4 is 5.82 Å². The summed E-state index contributed by atoms with van der Waals surface area (Å²) in [6, 6.07) is 0. The second-order valence-electron chi connectivity index (χ2n) is 4.50. The number of hydrogen-bond donors (Lipinski definition) is 1. The third-order valence-corrected chi connectivity index (χ3v) is 3.18. The molecule has 0 spiro atoms. The van der Waals surface area contributed by atoms with Gasteiger partial charge in [0.15, 0.2) is 0 Å². The van der Waals surface area contributed by atoms with Crippen molar-refractivity contribution in [3.05, 3.63) is 18.1 Å². The summed E-state index contributed by atoms with van der Waals surface area (Å²) in [6.07, 6.45) is 5.98. The van der Waals surface area contributed by atoms with Gasteiger partial charge in [0.2, 0.25) is 0 Å². The van der Waals surface area contributed by atoms with Gasteiger partial charge in [-0.1, -0.05) is 0 Å². The van der Waals surface area contributed by atoms with Crippen LogP contribution in [0.25, 0.3) is 0 Å². The van der Waals surface area contributed by atoms with Crippen molar-refractivity contribution < 1.29 is 5.11 Å². The molecule has 1 saturated heterocycles. The maximum Gasteiger partial charge on any atom is 0.147 e. The third kappa shape index (κ3) is 3.38. The van der Waals surface area contributed by atoms with Crippen molar-refractivity contribution in [2.75, 3.05) is 38.1 Å². The first-order chi connectivity index (χ1) is 8.29. The number of aromatic nitrogens is 2. The van der Waals surface area contributed by atoms with Gasteiger partial charge in [0.1, 0.15) is 5.82 Å². The van der Waals surface area contributed by atoms with Gasteiger partial charge in [0, 0.05) is 20.1 Å². The van der Waals surface area contributed by atoms with Gasteiger partial charge in [-0.25, -0.2) is 4.98 Å². The summed E-state index contributed by atoms with van der Waals surface area (Å²) in [6.45, 7) is 4.40. The lowest BCUT2D eigenvalue weighted by atomic mass is 10.4. The zero-order valence-corrected chi connectivity index (χ0v) is 10.3. The molecule has 0 unspecified atom stereocenters. The van der Waals surface area contributed by atoms with E-state index in [2.05, 4.69) is 19.8 Å². The highest BCUT2D eigenvalue weighted by Gasteiger charge is 2.12. The number of aliphatic hydroxyl groups is 1. The Morgan fingerprint density at radius 2 is 2.12 bits per heavy atom. The first-order valence-electron chi connectivity index (χ1n) is 6.15. The Morgan fingerprint density at radius 3 is 2.82 bits per heavy atom. The van der Waals surface area contributed by atoms with Crippen LogP contribution in [0.4, 0.5) is 5.82 Å². The molecule has 1 aliphatic rings. The fraction of sp³-hybridized carbons (Fsp3) is 0.667. The van der Waals surface area contributed by atoms with E-state index in [0.29, 0.717) is 5.69 Å². The normalized spacial score (nSPS) is 16.4. The Balaban J connectivity index is 1.87. The van der Waals surface area contributed by atoms with E-state index in [-0.39, 0.29) is 6.61 Å². The van der Waals surface area contributed by atoms with Gasteiger partial charge in [0.25, 0.3) is 0 Å². The van der Waals surface area contributed by atoms with Gasteiger partial charge in [-0.2, -0.15) is 0 Å². The number of anilines is 1. The van der Waals surface area contributed by atoms with E-state index in [1.165, 1.54) is 25.9 Å². The van der Waals surface area contributed by atoms with Gasteiger partial charge in [-0.05, 0) is 25.9 Å². The van der Waals surface area contributed by atoms with Crippen LogP contribution in [0.2, 0.25) is 0 Å². The van der Waals surface area contributed by atoms with Gasteiger partial charge in [-0.15, -0.1) is 0 Å². The lowest BCUT2D eigenvalue weighted by Gasteiger charge is -2.22. The molecule has 1 aromatic heterocycles. The van der Waals surface area contributed by atoms with Crippen molar-refractivity contribution in [1.82, 2.24) is 14.9 Å². The van der Waals surface area contributed by atoms with E-state index < -0.39 is 0 Å². The molecule has 1 aromatic rings. The molecule has 5 nitrogen and oxygen atoms in total. The molecular weight excluding hydrogens is 216 g/mol. The number of likely N-dealkylation sites (N-methyl/N-ethyl adjacent to an activating group) is 1. The summed E-state index contributed by atoms with van der Waals surface area (Å²) < 4.78 is 0. The Labute approximate surface area is 102 Å². The van der Waals surface area contributed by atoms with Gasteiger partial charge in [-0.3, -0.25) is 4.98 Å². The minimum Gasteiger partial charge on any atom is -0.390 e. The maximum atomic E-state index is 9.02. The van der Waals surface area contributed by atoms with Crippen molar-refractivity contribution in [3.63, 3.8) is 0 Å². The zero-order valence-electron chi connectivity index (χ0n) is 10.3. The molecule has 0 bridgehead atoms. The molecule has 1 aliphatic heterocycles. The Hall–Kier alpha value is -1.20. The second kappa shape index (κ2) is 5.93. The van der Waals surface area contributed by atoms with Crippen LogP contribution in [0.5, 0.6) is 0 Å². The molecule has 2 rings (SSSR count). The van der Waals surface area contributed by atoms with E-state index in [9.17, 15) is 0 Å². The summed E-state index contributed by atoms with van der Waals surface area (Å²) in [7, 11) is 2.02. The molecule has 0 saturated carbocycles. The van der Waals surface area contributed by atoms with Crippen LogP contribution in [-0.4, -0.2) is 53.2 Å². The van der Waals surface area contributed by atoms with Gasteiger partial charge < -0.3 is 14.9 Å². The first-order valence-corrected chi connectivity index (χ1v) is 6.15. The molecule has 0 amide bonds. The predicted molar refractivity (Wildman–Crippen MR) is 66.9 cm³/mol. The number of aliphatic hydroxyl groups excluding tert-OH is 1. The summed E-state index contributed by atoms with van der Waals surface area (Å²) in [4.78, 5) is 13.0. The highest BCUT2D eigenvalue weighted by Crippen LogP contribution is 2.10. The molecule has 0 aliphatic carbocycles. The van der Waals surface area contributed by atoms with E-state index in [0.717, 1.165) is 18.9 Å². The summed E-state index contributed by atoms with van der Waals surface area (Å²) in [5.74, 6) is 0.829. The van der Waals surface area contributed by atoms with Gasteiger partial charge >= 0.3 is 0 Å². The fourth-order valence-electron chi connectivity index (χ4n) is 2.07. The minimum atomic E-state index is -0.0548. The summed E-state index contributed by atoms with van der Waals surface area (Å²) in [5.41, 5.74) is 0.621. The standard InChI is InChI=1S/C12H20N4O/c1-15(6-7-16-4-2-3-5-16)12-9-13-8-11(10-17)14-12/h8-9,17H,2-7,10H2,1H3.